The van der Waals surface area contributed by atoms with E-state index in [9.17, 15) is 4.79 Å². The molecule has 0 atom stereocenters. The van der Waals surface area contributed by atoms with Crippen LogP contribution in [0.1, 0.15) is 25.0 Å². The quantitative estimate of drug-likeness (QED) is 0.379. The zero-order valence-corrected chi connectivity index (χ0v) is 20.5. The smallest absolute Gasteiger partial charge is 0.264 e. The predicted octanol–water partition coefficient (Wildman–Crippen LogP) is 6.60. The van der Waals surface area contributed by atoms with Crippen molar-refractivity contribution in [2.24, 2.45) is 4.99 Å². The number of ether oxygens (including phenoxy) is 2. The first kappa shape index (κ1) is 22.4. The molecule has 1 amide bonds. The first-order chi connectivity index (χ1) is 15.5. The van der Waals surface area contributed by atoms with Gasteiger partial charge in [-0.3, -0.25) is 4.79 Å². The van der Waals surface area contributed by atoms with E-state index in [2.05, 4.69) is 26.2 Å². The van der Waals surface area contributed by atoms with Crippen LogP contribution >= 0.6 is 27.7 Å². The van der Waals surface area contributed by atoms with E-state index >= 15 is 0 Å². The van der Waals surface area contributed by atoms with Crippen LogP contribution in [0.25, 0.3) is 16.8 Å². The molecule has 1 N–H and O–H groups in total. The monoisotopic (exact) mass is 510 g/mol. The highest BCUT2D eigenvalue weighted by Crippen LogP contribution is 2.36. The molecule has 1 fully saturated rings. The fourth-order valence-corrected chi connectivity index (χ4v) is 4.75. The molecule has 32 heavy (non-hydrogen) atoms. The number of nitrogens with one attached hydrogen (secondary N) is 1. The van der Waals surface area contributed by atoms with Gasteiger partial charge in [-0.1, -0.05) is 28.1 Å². The summed E-state index contributed by atoms with van der Waals surface area (Å²) in [5.74, 6) is 1.33. The van der Waals surface area contributed by atoms with Crippen molar-refractivity contribution in [2.75, 3.05) is 13.2 Å². The molecular formula is C25H23BrN2O3S. The average Bonchev–Trinajstić information content (AvgIpc) is 3.11. The Labute approximate surface area is 200 Å². The number of hydrogen-bond acceptors (Lipinski definition) is 5. The summed E-state index contributed by atoms with van der Waals surface area (Å²) in [5, 5.41) is 5.45. The van der Waals surface area contributed by atoms with Crippen LogP contribution in [0.2, 0.25) is 0 Å². The molecule has 7 heteroatoms. The maximum atomic E-state index is 12.7. The molecule has 1 saturated heterocycles. The molecule has 0 aliphatic carbocycles. The van der Waals surface area contributed by atoms with Crippen LogP contribution in [0.4, 0.5) is 5.69 Å². The molecule has 0 saturated carbocycles. The number of aryl methyl sites for hydroxylation is 1. The summed E-state index contributed by atoms with van der Waals surface area (Å²) in [4.78, 5) is 17.9. The van der Waals surface area contributed by atoms with Crippen LogP contribution in [-0.2, 0) is 4.79 Å². The minimum atomic E-state index is -0.177. The number of amidine groups is 1. The summed E-state index contributed by atoms with van der Waals surface area (Å²) >= 11 is 4.79. The van der Waals surface area contributed by atoms with E-state index in [-0.39, 0.29) is 5.91 Å². The third-order valence-corrected chi connectivity index (χ3v) is 6.32. The lowest BCUT2D eigenvalue weighted by Crippen LogP contribution is -2.19. The number of amides is 1. The third kappa shape index (κ3) is 4.84. The van der Waals surface area contributed by atoms with Crippen molar-refractivity contribution in [2.45, 2.75) is 20.8 Å². The molecule has 4 rings (SSSR count). The van der Waals surface area contributed by atoms with Crippen molar-refractivity contribution in [3.8, 4) is 11.5 Å². The lowest BCUT2D eigenvalue weighted by molar-refractivity contribution is -0.115. The normalized spacial score (nSPS) is 16.1. The highest BCUT2D eigenvalue weighted by atomic mass is 79.9. The average molecular weight is 511 g/mol. The molecular weight excluding hydrogens is 488 g/mol. The summed E-state index contributed by atoms with van der Waals surface area (Å²) in [5.41, 5.74) is 2.69. The standard InChI is InChI=1S/C25H23BrN2O3S/c1-4-30-18-9-6-16-7-11-22(31-5-2)20(19(16)13-18)14-23-24(29)28-25(32-23)27-21-10-8-17(26)12-15(21)3/h6-14H,4-5H2,1-3H3,(H,27,28,29)/b23-14-. The molecule has 164 valence electrons. The van der Waals surface area contributed by atoms with Gasteiger partial charge in [-0.2, -0.15) is 0 Å². The number of rotatable bonds is 6. The summed E-state index contributed by atoms with van der Waals surface area (Å²) in [6.45, 7) is 7.00. The second kappa shape index (κ2) is 9.79. The molecule has 0 radical (unpaired) electrons. The zero-order chi connectivity index (χ0) is 22.7. The van der Waals surface area contributed by atoms with Crippen molar-refractivity contribution >= 4 is 61.3 Å². The van der Waals surface area contributed by atoms with Crippen molar-refractivity contribution in [3.63, 3.8) is 0 Å². The Hall–Kier alpha value is -2.77. The molecule has 0 aromatic heterocycles. The fraction of sp³-hybridized carbons (Fsp3) is 0.200. The summed E-state index contributed by atoms with van der Waals surface area (Å²) in [7, 11) is 0. The van der Waals surface area contributed by atoms with Gasteiger partial charge in [0.15, 0.2) is 5.17 Å². The molecule has 3 aromatic rings. The predicted molar refractivity (Wildman–Crippen MR) is 136 cm³/mol. The van der Waals surface area contributed by atoms with E-state index in [0.29, 0.717) is 23.3 Å². The van der Waals surface area contributed by atoms with Gasteiger partial charge in [0, 0.05) is 10.0 Å². The largest absolute Gasteiger partial charge is 0.494 e. The summed E-state index contributed by atoms with van der Waals surface area (Å²) in [6, 6.07) is 15.8. The summed E-state index contributed by atoms with van der Waals surface area (Å²) in [6.07, 6.45) is 1.88. The van der Waals surface area contributed by atoms with Gasteiger partial charge in [-0.05, 0) is 91.3 Å². The molecule has 0 bridgehead atoms. The number of thioether (sulfide) groups is 1. The van der Waals surface area contributed by atoms with Crippen LogP contribution in [0, 0.1) is 6.92 Å². The van der Waals surface area contributed by atoms with Gasteiger partial charge < -0.3 is 14.8 Å². The molecule has 1 aliphatic rings. The lowest BCUT2D eigenvalue weighted by Gasteiger charge is -2.12. The van der Waals surface area contributed by atoms with Gasteiger partial charge in [0.05, 0.1) is 23.8 Å². The van der Waals surface area contributed by atoms with Crippen molar-refractivity contribution in [1.29, 1.82) is 0 Å². The fourth-order valence-electron chi connectivity index (χ4n) is 3.45. The number of fused-ring (bicyclic) bond motifs is 1. The van der Waals surface area contributed by atoms with Crippen LogP contribution in [0.3, 0.4) is 0 Å². The first-order valence-electron chi connectivity index (χ1n) is 10.4. The van der Waals surface area contributed by atoms with Crippen molar-refractivity contribution in [3.05, 3.63) is 69.0 Å². The maximum absolute atomic E-state index is 12.7. The first-order valence-corrected chi connectivity index (χ1v) is 12.0. The van der Waals surface area contributed by atoms with E-state index < -0.39 is 0 Å². The Morgan fingerprint density at radius 1 is 1.06 bits per heavy atom. The van der Waals surface area contributed by atoms with Gasteiger partial charge >= 0.3 is 0 Å². The van der Waals surface area contributed by atoms with Gasteiger partial charge in [0.2, 0.25) is 0 Å². The maximum Gasteiger partial charge on any atom is 0.264 e. The van der Waals surface area contributed by atoms with Crippen LogP contribution in [-0.4, -0.2) is 24.3 Å². The number of nitrogens with zero attached hydrogens (tertiary/aromatic N) is 1. The lowest BCUT2D eigenvalue weighted by atomic mass is 10.0. The molecule has 1 aliphatic heterocycles. The van der Waals surface area contributed by atoms with Gasteiger partial charge in [-0.15, -0.1) is 0 Å². The SMILES string of the molecule is CCOc1ccc2ccc(OCC)c(/C=C3\SC(=Nc4ccc(Br)cc4C)NC3=O)c2c1. The number of carbonyl (C=O) groups is 1. The Kier molecular flexibility index (Phi) is 6.86. The molecule has 5 nitrogen and oxygen atoms in total. The van der Waals surface area contributed by atoms with E-state index in [1.807, 2.05) is 75.4 Å². The van der Waals surface area contributed by atoms with E-state index in [1.54, 1.807) is 0 Å². The summed E-state index contributed by atoms with van der Waals surface area (Å²) < 4.78 is 12.6. The van der Waals surface area contributed by atoms with Crippen molar-refractivity contribution in [1.82, 2.24) is 5.32 Å². The number of aliphatic imine (C=N–C) groups is 1. The molecule has 0 unspecified atom stereocenters. The number of hydrogen-bond donors (Lipinski definition) is 1. The van der Waals surface area contributed by atoms with E-state index in [0.717, 1.165) is 43.6 Å². The van der Waals surface area contributed by atoms with Gasteiger partial charge in [0.1, 0.15) is 11.5 Å². The van der Waals surface area contributed by atoms with Crippen LogP contribution in [0.5, 0.6) is 11.5 Å². The Bertz CT molecular complexity index is 1250. The van der Waals surface area contributed by atoms with Gasteiger partial charge in [0.25, 0.3) is 5.91 Å². The highest BCUT2D eigenvalue weighted by molar-refractivity contribution is 9.10. The Balaban J connectivity index is 1.75. The van der Waals surface area contributed by atoms with E-state index in [1.165, 1.54) is 11.8 Å². The zero-order valence-electron chi connectivity index (χ0n) is 18.1. The number of halogens is 1. The minimum absolute atomic E-state index is 0.177. The van der Waals surface area contributed by atoms with Crippen LogP contribution < -0.4 is 14.8 Å². The van der Waals surface area contributed by atoms with Gasteiger partial charge in [-0.25, -0.2) is 4.99 Å². The minimum Gasteiger partial charge on any atom is -0.494 e. The third-order valence-electron chi connectivity index (χ3n) is 4.91. The highest BCUT2D eigenvalue weighted by Gasteiger charge is 2.25. The second-order valence-corrected chi connectivity index (χ2v) is 9.09. The Morgan fingerprint density at radius 2 is 1.84 bits per heavy atom. The topological polar surface area (TPSA) is 59.9 Å². The van der Waals surface area contributed by atoms with Crippen LogP contribution in [0.15, 0.2) is 62.9 Å². The second-order valence-electron chi connectivity index (χ2n) is 7.14. The number of benzene rings is 3. The van der Waals surface area contributed by atoms with E-state index in [4.69, 9.17) is 9.47 Å². The number of carbonyl (C=O) groups excluding carboxylic acids is 1. The molecule has 3 aromatic carbocycles. The van der Waals surface area contributed by atoms with Crippen molar-refractivity contribution < 1.29 is 14.3 Å². The molecule has 0 spiro atoms. The molecule has 1 heterocycles. The Morgan fingerprint density at radius 3 is 2.59 bits per heavy atom.